The third kappa shape index (κ3) is 5.19. The fourth-order valence-electron chi connectivity index (χ4n) is 4.92. The number of fused-ring (bicyclic) bond motifs is 2. The molecule has 8 nitrogen and oxygen atoms in total. The quantitative estimate of drug-likeness (QED) is 0.543. The largest absolute Gasteiger partial charge is 0.390 e. The Balaban J connectivity index is 1.55. The maximum absolute atomic E-state index is 14.1. The van der Waals surface area contributed by atoms with Crippen LogP contribution in [0.3, 0.4) is 0 Å². The Hall–Kier alpha value is -2.75. The zero-order chi connectivity index (χ0) is 25.5. The SMILES string of the molecule is Cc1ccc2nc(N3CCS(=O)(=NCCC(C)(C)O)c4ccccc4C3)nc(N3CC[C@@H](N)C3)c2c1. The molecule has 0 saturated carbocycles. The van der Waals surface area contributed by atoms with Gasteiger partial charge in [0.1, 0.15) is 5.82 Å². The smallest absolute Gasteiger partial charge is 0.228 e. The zero-order valence-corrected chi connectivity index (χ0v) is 22.2. The second-order valence-corrected chi connectivity index (χ2v) is 13.0. The van der Waals surface area contributed by atoms with E-state index in [1.165, 1.54) is 5.56 Å². The number of aliphatic hydroxyl groups is 1. The van der Waals surface area contributed by atoms with Crippen LogP contribution in [0.4, 0.5) is 11.8 Å². The molecule has 2 aliphatic heterocycles. The van der Waals surface area contributed by atoms with Crippen molar-refractivity contribution >= 4 is 32.4 Å². The van der Waals surface area contributed by atoms with E-state index in [4.69, 9.17) is 15.7 Å². The van der Waals surface area contributed by atoms with Crippen LogP contribution < -0.4 is 15.5 Å². The van der Waals surface area contributed by atoms with Crippen LogP contribution in [0.2, 0.25) is 0 Å². The number of aryl methyl sites for hydroxylation is 1. The molecule has 0 aliphatic carbocycles. The van der Waals surface area contributed by atoms with Gasteiger partial charge in [-0.15, -0.1) is 0 Å². The molecule has 1 aromatic heterocycles. The highest BCUT2D eigenvalue weighted by molar-refractivity contribution is 7.93. The van der Waals surface area contributed by atoms with E-state index in [1.807, 2.05) is 24.3 Å². The summed E-state index contributed by atoms with van der Waals surface area (Å²) in [7, 11) is -2.64. The fourth-order valence-corrected chi connectivity index (χ4v) is 7.10. The molecule has 2 aromatic carbocycles. The number of rotatable bonds is 5. The number of hydrogen-bond donors (Lipinski definition) is 2. The van der Waals surface area contributed by atoms with Crippen LogP contribution in [-0.4, -0.2) is 62.9 Å². The molecule has 3 heterocycles. The number of benzene rings is 2. The minimum Gasteiger partial charge on any atom is -0.390 e. The monoisotopic (exact) mass is 508 g/mol. The van der Waals surface area contributed by atoms with Crippen LogP contribution in [0, 0.1) is 6.92 Å². The zero-order valence-electron chi connectivity index (χ0n) is 21.4. The number of aromatic nitrogens is 2. The van der Waals surface area contributed by atoms with E-state index in [9.17, 15) is 9.32 Å². The van der Waals surface area contributed by atoms with Gasteiger partial charge in [-0.25, -0.2) is 13.6 Å². The first-order valence-corrected chi connectivity index (χ1v) is 14.3. The molecule has 0 amide bonds. The van der Waals surface area contributed by atoms with Gasteiger partial charge in [-0.05, 0) is 57.4 Å². The van der Waals surface area contributed by atoms with Crippen molar-refractivity contribution in [3.8, 4) is 0 Å². The second-order valence-electron chi connectivity index (χ2n) is 10.7. The number of hydrogen-bond acceptors (Lipinski definition) is 8. The summed E-state index contributed by atoms with van der Waals surface area (Å²) < 4.78 is 18.8. The van der Waals surface area contributed by atoms with Gasteiger partial charge >= 0.3 is 0 Å². The van der Waals surface area contributed by atoms with E-state index in [2.05, 4.69) is 39.3 Å². The molecule has 192 valence electrons. The molecule has 5 rings (SSSR count). The van der Waals surface area contributed by atoms with Gasteiger partial charge in [0.05, 0.1) is 38.0 Å². The molecule has 3 aromatic rings. The highest BCUT2D eigenvalue weighted by Crippen LogP contribution is 2.32. The minimum absolute atomic E-state index is 0.142. The topological polar surface area (TPSA) is 108 Å². The van der Waals surface area contributed by atoms with Crippen molar-refractivity contribution < 1.29 is 9.32 Å². The molecule has 0 spiro atoms. The predicted octanol–water partition coefficient (Wildman–Crippen LogP) is 3.48. The molecule has 2 aliphatic rings. The summed E-state index contributed by atoms with van der Waals surface area (Å²) in [5.74, 6) is 1.94. The van der Waals surface area contributed by atoms with Crippen LogP contribution in [0.25, 0.3) is 10.9 Å². The molecule has 0 radical (unpaired) electrons. The van der Waals surface area contributed by atoms with Gasteiger partial charge in [0, 0.05) is 37.6 Å². The lowest BCUT2D eigenvalue weighted by molar-refractivity contribution is 0.0740. The van der Waals surface area contributed by atoms with Gasteiger partial charge in [-0.2, -0.15) is 4.98 Å². The van der Waals surface area contributed by atoms with Gasteiger partial charge in [0.2, 0.25) is 5.95 Å². The van der Waals surface area contributed by atoms with Crippen molar-refractivity contribution in [2.24, 2.45) is 10.1 Å². The molecule has 2 atom stereocenters. The number of nitrogens with zero attached hydrogens (tertiary/aromatic N) is 5. The predicted molar refractivity (Wildman–Crippen MR) is 146 cm³/mol. The highest BCUT2D eigenvalue weighted by atomic mass is 32.2. The van der Waals surface area contributed by atoms with E-state index >= 15 is 0 Å². The summed E-state index contributed by atoms with van der Waals surface area (Å²) in [4.78, 5) is 15.2. The molecule has 1 unspecified atom stereocenters. The summed E-state index contributed by atoms with van der Waals surface area (Å²) >= 11 is 0. The van der Waals surface area contributed by atoms with Crippen LogP contribution in [0.5, 0.6) is 0 Å². The first-order valence-electron chi connectivity index (χ1n) is 12.7. The molecule has 3 N–H and O–H groups in total. The van der Waals surface area contributed by atoms with Gasteiger partial charge in [0.25, 0.3) is 0 Å². The van der Waals surface area contributed by atoms with Gasteiger partial charge in [-0.3, -0.25) is 0 Å². The average molecular weight is 509 g/mol. The minimum atomic E-state index is -2.64. The summed E-state index contributed by atoms with van der Waals surface area (Å²) in [5, 5.41) is 11.2. The van der Waals surface area contributed by atoms with E-state index < -0.39 is 15.3 Å². The summed E-state index contributed by atoms with van der Waals surface area (Å²) in [6, 6.07) is 14.2. The molecule has 1 saturated heterocycles. The van der Waals surface area contributed by atoms with Gasteiger partial charge in [0.15, 0.2) is 0 Å². The molecule has 0 bridgehead atoms. The molecule has 1 fully saturated rings. The van der Waals surface area contributed by atoms with E-state index in [1.54, 1.807) is 13.8 Å². The molecule has 36 heavy (non-hydrogen) atoms. The van der Waals surface area contributed by atoms with Crippen molar-refractivity contribution in [1.82, 2.24) is 9.97 Å². The Morgan fingerprint density at radius 2 is 1.97 bits per heavy atom. The average Bonchev–Trinajstić information content (AvgIpc) is 3.20. The third-order valence-electron chi connectivity index (χ3n) is 6.97. The maximum atomic E-state index is 14.1. The molecular formula is C27H36N6O2S. The Labute approximate surface area is 213 Å². The summed E-state index contributed by atoms with van der Waals surface area (Å²) in [5.41, 5.74) is 8.43. The standard InChI is InChI=1S/C27H36N6O2S/c1-19-8-9-23-22(16-19)25(32-13-10-21(28)18-32)31-26(30-23)33-14-15-36(35,29-12-11-27(2,3)34)24-7-5-4-6-20(24)17-33/h4-9,16,21,34H,10-15,17-18,28H2,1-3H3/t21-,36?/m1/s1. The fraction of sp³-hybridized carbons (Fsp3) is 0.481. The van der Waals surface area contributed by atoms with E-state index in [-0.39, 0.29) is 6.04 Å². The lowest BCUT2D eigenvalue weighted by atomic mass is 10.1. The van der Waals surface area contributed by atoms with Crippen molar-refractivity contribution in [3.05, 3.63) is 53.6 Å². The second kappa shape index (κ2) is 9.61. The van der Waals surface area contributed by atoms with Crippen LogP contribution in [-0.2, 0) is 16.3 Å². The van der Waals surface area contributed by atoms with Crippen LogP contribution >= 0.6 is 0 Å². The lowest BCUT2D eigenvalue weighted by Crippen LogP contribution is -2.30. The first kappa shape index (κ1) is 24.9. The van der Waals surface area contributed by atoms with E-state index in [0.29, 0.717) is 37.8 Å². The maximum Gasteiger partial charge on any atom is 0.228 e. The number of nitrogens with two attached hydrogens (primary N) is 1. The Bertz CT molecular complexity index is 1390. The summed E-state index contributed by atoms with van der Waals surface area (Å²) in [6.07, 6.45) is 1.41. The lowest BCUT2D eigenvalue weighted by Gasteiger charge is -2.25. The molecule has 9 heteroatoms. The molecular weight excluding hydrogens is 472 g/mol. The van der Waals surface area contributed by atoms with Crippen molar-refractivity contribution in [2.45, 2.75) is 56.7 Å². The Kier molecular flexibility index (Phi) is 6.65. The van der Waals surface area contributed by atoms with Crippen LogP contribution in [0.1, 0.15) is 37.8 Å². The van der Waals surface area contributed by atoms with Crippen molar-refractivity contribution in [1.29, 1.82) is 0 Å². The van der Waals surface area contributed by atoms with Gasteiger partial charge in [-0.1, -0.05) is 29.8 Å². The third-order valence-corrected chi connectivity index (χ3v) is 9.39. The van der Waals surface area contributed by atoms with Crippen LogP contribution in [0.15, 0.2) is 51.7 Å². The Morgan fingerprint density at radius 1 is 1.17 bits per heavy atom. The van der Waals surface area contributed by atoms with Crippen molar-refractivity contribution in [3.63, 3.8) is 0 Å². The highest BCUT2D eigenvalue weighted by Gasteiger charge is 2.28. The Morgan fingerprint density at radius 3 is 2.72 bits per heavy atom. The van der Waals surface area contributed by atoms with E-state index in [0.717, 1.165) is 46.7 Å². The number of anilines is 2. The van der Waals surface area contributed by atoms with Gasteiger partial charge < -0.3 is 20.6 Å². The summed E-state index contributed by atoms with van der Waals surface area (Å²) in [6.45, 7) is 8.66. The van der Waals surface area contributed by atoms with Crippen molar-refractivity contribution in [2.75, 3.05) is 41.7 Å². The first-order chi connectivity index (χ1) is 17.1. The normalized spacial score (nSPS) is 22.5.